The third-order valence-electron chi connectivity index (χ3n) is 4.27. The molecule has 132 valence electrons. The van der Waals surface area contributed by atoms with E-state index in [1.807, 2.05) is 13.8 Å². The van der Waals surface area contributed by atoms with Crippen molar-refractivity contribution in [2.75, 3.05) is 19.6 Å². The number of nitrogens with zero attached hydrogens (tertiary/aromatic N) is 1. The third-order valence-corrected chi connectivity index (χ3v) is 6.03. The van der Waals surface area contributed by atoms with Crippen LogP contribution in [-0.4, -0.2) is 32.4 Å². The van der Waals surface area contributed by atoms with Crippen LogP contribution in [0.1, 0.15) is 56.9 Å². The van der Waals surface area contributed by atoms with Crippen LogP contribution in [0.3, 0.4) is 0 Å². The van der Waals surface area contributed by atoms with Crippen molar-refractivity contribution in [1.82, 2.24) is 9.03 Å². The zero-order valence-electron chi connectivity index (χ0n) is 15.7. The molecule has 0 fully saturated rings. The molecule has 0 saturated heterocycles. The molecule has 5 heteroatoms. The van der Waals surface area contributed by atoms with Gasteiger partial charge in [-0.25, -0.2) is 4.72 Å². The molecule has 1 rings (SSSR count). The van der Waals surface area contributed by atoms with Gasteiger partial charge in [-0.1, -0.05) is 46.8 Å². The Hall–Kier alpha value is -0.910. The molecule has 0 aliphatic carbocycles. The third kappa shape index (κ3) is 5.30. The van der Waals surface area contributed by atoms with Crippen molar-refractivity contribution in [3.8, 4) is 0 Å². The van der Waals surface area contributed by atoms with Gasteiger partial charge in [0.1, 0.15) is 0 Å². The fourth-order valence-electron chi connectivity index (χ4n) is 2.78. The van der Waals surface area contributed by atoms with E-state index in [0.29, 0.717) is 26.1 Å². The molecule has 0 aromatic heterocycles. The summed E-state index contributed by atoms with van der Waals surface area (Å²) in [5.74, 6) is 0. The molecule has 0 spiro atoms. The van der Waals surface area contributed by atoms with Crippen molar-refractivity contribution in [1.29, 1.82) is 0 Å². The van der Waals surface area contributed by atoms with Gasteiger partial charge < -0.3 is 0 Å². The molecular weight excluding hydrogens is 308 g/mol. The van der Waals surface area contributed by atoms with Gasteiger partial charge in [-0.15, -0.1) is 0 Å². The van der Waals surface area contributed by atoms with Gasteiger partial charge in [0.05, 0.1) is 0 Å². The Labute approximate surface area is 142 Å². The highest BCUT2D eigenvalue weighted by molar-refractivity contribution is 7.87. The van der Waals surface area contributed by atoms with Gasteiger partial charge >= 0.3 is 0 Å². The highest BCUT2D eigenvalue weighted by atomic mass is 32.2. The maximum atomic E-state index is 12.2. The Morgan fingerprint density at radius 3 is 1.91 bits per heavy atom. The molecule has 0 aliphatic rings. The molecule has 0 bridgehead atoms. The van der Waals surface area contributed by atoms with Crippen molar-refractivity contribution >= 4 is 10.2 Å². The lowest BCUT2D eigenvalue weighted by atomic mass is 9.83. The van der Waals surface area contributed by atoms with Crippen LogP contribution in [0.2, 0.25) is 0 Å². The summed E-state index contributed by atoms with van der Waals surface area (Å²) in [5.41, 5.74) is 5.15. The van der Waals surface area contributed by atoms with Crippen LogP contribution >= 0.6 is 0 Å². The molecule has 0 amide bonds. The second kappa shape index (κ2) is 7.77. The summed E-state index contributed by atoms with van der Waals surface area (Å²) in [4.78, 5) is 0. The lowest BCUT2D eigenvalue weighted by Gasteiger charge is -2.23. The predicted octanol–water partition coefficient (Wildman–Crippen LogP) is 3.32. The quantitative estimate of drug-likeness (QED) is 0.828. The number of hydrogen-bond donors (Lipinski definition) is 1. The molecule has 1 aromatic carbocycles. The number of nitrogens with one attached hydrogen (secondary N) is 1. The summed E-state index contributed by atoms with van der Waals surface area (Å²) >= 11 is 0. The van der Waals surface area contributed by atoms with Gasteiger partial charge in [-0.05, 0) is 47.9 Å². The molecule has 1 aromatic rings. The van der Waals surface area contributed by atoms with Crippen LogP contribution in [0.4, 0.5) is 0 Å². The first kappa shape index (κ1) is 20.1. The molecule has 0 unspecified atom stereocenters. The predicted molar refractivity (Wildman–Crippen MR) is 98.2 cm³/mol. The summed E-state index contributed by atoms with van der Waals surface area (Å²) in [6.45, 7) is 15.9. The summed E-state index contributed by atoms with van der Waals surface area (Å²) in [6, 6.07) is 4.45. The van der Waals surface area contributed by atoms with Crippen molar-refractivity contribution in [2.45, 2.75) is 60.3 Å². The van der Waals surface area contributed by atoms with Crippen molar-refractivity contribution in [3.63, 3.8) is 0 Å². The highest BCUT2D eigenvalue weighted by Crippen LogP contribution is 2.27. The van der Waals surface area contributed by atoms with Crippen LogP contribution in [-0.2, 0) is 22.0 Å². The molecule has 0 atom stereocenters. The number of rotatable bonds is 7. The summed E-state index contributed by atoms with van der Waals surface area (Å²) in [5, 5.41) is 0. The first-order chi connectivity index (χ1) is 10.5. The summed E-state index contributed by atoms with van der Waals surface area (Å²) in [7, 11) is -3.37. The van der Waals surface area contributed by atoms with Crippen LogP contribution < -0.4 is 4.72 Å². The van der Waals surface area contributed by atoms with E-state index in [-0.39, 0.29) is 5.41 Å². The minimum absolute atomic E-state index is 0.123. The average Bonchev–Trinajstić information content (AvgIpc) is 2.41. The number of aryl methyl sites for hydroxylation is 2. The zero-order chi connectivity index (χ0) is 17.8. The van der Waals surface area contributed by atoms with Crippen LogP contribution in [0.25, 0.3) is 0 Å². The van der Waals surface area contributed by atoms with Gasteiger partial charge in [0.25, 0.3) is 10.2 Å². The molecule has 0 radical (unpaired) electrons. The van der Waals surface area contributed by atoms with E-state index in [2.05, 4.69) is 51.5 Å². The highest BCUT2D eigenvalue weighted by Gasteiger charge is 2.19. The fourth-order valence-corrected chi connectivity index (χ4v) is 4.00. The molecule has 0 aliphatic heterocycles. The lowest BCUT2D eigenvalue weighted by Crippen LogP contribution is -2.41. The van der Waals surface area contributed by atoms with Gasteiger partial charge in [0, 0.05) is 19.6 Å². The van der Waals surface area contributed by atoms with Gasteiger partial charge in [0.15, 0.2) is 0 Å². The smallest absolute Gasteiger partial charge is 0.202 e. The van der Waals surface area contributed by atoms with Crippen LogP contribution in [0, 0.1) is 13.8 Å². The monoisotopic (exact) mass is 340 g/mol. The van der Waals surface area contributed by atoms with E-state index < -0.39 is 10.2 Å². The van der Waals surface area contributed by atoms with Gasteiger partial charge in [-0.2, -0.15) is 12.7 Å². The molecule has 0 saturated carbocycles. The summed E-state index contributed by atoms with van der Waals surface area (Å²) in [6.07, 6.45) is 0.711. The van der Waals surface area contributed by atoms with Gasteiger partial charge in [-0.3, -0.25) is 0 Å². The Bertz CT molecular complexity index is 604. The largest absolute Gasteiger partial charge is 0.279 e. The first-order valence-electron chi connectivity index (χ1n) is 8.38. The first-order valence-corrected chi connectivity index (χ1v) is 9.82. The van der Waals surface area contributed by atoms with Crippen molar-refractivity contribution in [3.05, 3.63) is 34.4 Å². The Balaban J connectivity index is 2.84. The minimum atomic E-state index is -3.37. The molecule has 0 heterocycles. The van der Waals surface area contributed by atoms with E-state index >= 15 is 0 Å². The second-order valence-electron chi connectivity index (χ2n) is 7.07. The average molecular weight is 341 g/mol. The van der Waals surface area contributed by atoms with Crippen molar-refractivity contribution < 1.29 is 8.42 Å². The van der Waals surface area contributed by atoms with E-state index in [4.69, 9.17) is 0 Å². The topological polar surface area (TPSA) is 49.4 Å². The van der Waals surface area contributed by atoms with Crippen LogP contribution in [0.5, 0.6) is 0 Å². The maximum Gasteiger partial charge on any atom is 0.279 e. The Morgan fingerprint density at radius 2 is 1.52 bits per heavy atom. The van der Waals surface area contributed by atoms with Crippen LogP contribution in [0.15, 0.2) is 12.1 Å². The van der Waals surface area contributed by atoms with Gasteiger partial charge in [0.2, 0.25) is 0 Å². The normalized spacial score (nSPS) is 12.9. The van der Waals surface area contributed by atoms with E-state index in [9.17, 15) is 8.42 Å². The van der Waals surface area contributed by atoms with Crippen molar-refractivity contribution in [2.24, 2.45) is 0 Å². The standard InChI is InChI=1S/C18H32N2O2S/c1-8-20(9-2)23(21,22)19-11-10-17-14(3)12-16(13-15(17)4)18(5,6)7/h12-13,19H,8-11H2,1-7H3. The molecule has 4 nitrogen and oxygen atoms in total. The SMILES string of the molecule is CCN(CC)S(=O)(=O)NCCc1c(C)cc(C(C)(C)C)cc1C. The zero-order valence-corrected chi connectivity index (χ0v) is 16.5. The molecule has 23 heavy (non-hydrogen) atoms. The fraction of sp³-hybridized carbons (Fsp3) is 0.667. The molecule has 1 N–H and O–H groups in total. The maximum absolute atomic E-state index is 12.2. The van der Waals surface area contributed by atoms with E-state index in [1.165, 1.54) is 26.6 Å². The summed E-state index contributed by atoms with van der Waals surface area (Å²) < 4.78 is 28.5. The lowest BCUT2D eigenvalue weighted by molar-refractivity contribution is 0.435. The Morgan fingerprint density at radius 1 is 1.04 bits per heavy atom. The van der Waals surface area contributed by atoms with E-state index in [1.54, 1.807) is 0 Å². The second-order valence-corrected chi connectivity index (χ2v) is 8.83. The number of benzene rings is 1. The number of hydrogen-bond acceptors (Lipinski definition) is 2. The molecular formula is C18H32N2O2S. The van der Waals surface area contributed by atoms with E-state index in [0.717, 1.165) is 0 Å². The Kier molecular flexibility index (Phi) is 6.81. The minimum Gasteiger partial charge on any atom is -0.202 e.